The largest absolute Gasteiger partial charge is 0.389 e. The molecule has 0 radical (unpaired) electrons. The summed E-state index contributed by atoms with van der Waals surface area (Å²) in [6, 6.07) is 8.41. The van der Waals surface area contributed by atoms with E-state index in [-0.39, 0.29) is 12.1 Å². The van der Waals surface area contributed by atoms with Crippen LogP contribution < -0.4 is 0 Å². The summed E-state index contributed by atoms with van der Waals surface area (Å²) in [5, 5.41) is 10.7. The number of hydrogen-bond acceptors (Lipinski definition) is 3. The lowest BCUT2D eigenvalue weighted by atomic mass is 9.89. The highest BCUT2D eigenvalue weighted by Crippen LogP contribution is 2.25. The minimum Gasteiger partial charge on any atom is -0.389 e. The lowest BCUT2D eigenvalue weighted by Gasteiger charge is -2.36. The zero-order valence-corrected chi connectivity index (χ0v) is 12.4. The van der Waals surface area contributed by atoms with Gasteiger partial charge < -0.3 is 9.84 Å². The van der Waals surface area contributed by atoms with Gasteiger partial charge in [0.05, 0.1) is 25.4 Å². The van der Waals surface area contributed by atoms with Gasteiger partial charge in [-0.05, 0) is 56.0 Å². The molecule has 0 amide bonds. The zero-order valence-electron chi connectivity index (χ0n) is 11.7. The number of halogens is 1. The van der Waals surface area contributed by atoms with Crippen LogP contribution in [0.25, 0.3) is 0 Å². The SMILES string of the molecule is O[C@@H]1COC[C@H]1N1CCC(Cc2ccc(Cl)cc2)CC1. The Hall–Kier alpha value is -0.610. The summed E-state index contributed by atoms with van der Waals surface area (Å²) < 4.78 is 5.35. The first-order chi connectivity index (χ1) is 9.72. The average Bonchev–Trinajstić information content (AvgIpc) is 2.89. The molecule has 1 aromatic rings. The summed E-state index contributed by atoms with van der Waals surface area (Å²) in [6.45, 7) is 3.32. The van der Waals surface area contributed by atoms with Crippen molar-refractivity contribution in [3.8, 4) is 0 Å². The molecule has 4 heteroatoms. The lowest BCUT2D eigenvalue weighted by Crippen LogP contribution is -2.47. The fourth-order valence-corrected chi connectivity index (χ4v) is 3.45. The molecule has 0 bridgehead atoms. The van der Waals surface area contributed by atoms with Crippen LogP contribution in [0, 0.1) is 5.92 Å². The quantitative estimate of drug-likeness (QED) is 0.929. The van der Waals surface area contributed by atoms with Gasteiger partial charge in [0, 0.05) is 5.02 Å². The van der Waals surface area contributed by atoms with Gasteiger partial charge in [-0.3, -0.25) is 4.90 Å². The maximum Gasteiger partial charge on any atom is 0.0950 e. The number of aliphatic hydroxyl groups excluding tert-OH is 1. The maximum atomic E-state index is 9.89. The smallest absolute Gasteiger partial charge is 0.0950 e. The zero-order chi connectivity index (χ0) is 13.9. The van der Waals surface area contributed by atoms with Gasteiger partial charge in [-0.2, -0.15) is 0 Å². The first-order valence-electron chi connectivity index (χ1n) is 7.46. The number of likely N-dealkylation sites (tertiary alicyclic amines) is 1. The standard InChI is InChI=1S/C16H22ClNO2/c17-14-3-1-12(2-4-14)9-13-5-7-18(8-6-13)15-10-20-11-16(15)19/h1-4,13,15-16,19H,5-11H2/t15-,16-/m1/s1. The first kappa shape index (κ1) is 14.3. The Morgan fingerprint density at radius 2 is 1.85 bits per heavy atom. The number of piperidine rings is 1. The van der Waals surface area contributed by atoms with Gasteiger partial charge in [-0.1, -0.05) is 23.7 Å². The lowest BCUT2D eigenvalue weighted by molar-refractivity contribution is 0.0587. The molecule has 3 rings (SSSR count). The molecule has 0 saturated carbocycles. The van der Waals surface area contributed by atoms with E-state index < -0.39 is 0 Å². The molecule has 0 unspecified atom stereocenters. The fourth-order valence-electron chi connectivity index (χ4n) is 3.32. The minimum atomic E-state index is -0.303. The van der Waals surface area contributed by atoms with Crippen LogP contribution in [0.2, 0.25) is 5.02 Å². The van der Waals surface area contributed by atoms with Crippen LogP contribution in [0.4, 0.5) is 0 Å². The van der Waals surface area contributed by atoms with E-state index in [1.54, 1.807) is 0 Å². The minimum absolute atomic E-state index is 0.214. The van der Waals surface area contributed by atoms with E-state index in [9.17, 15) is 5.11 Å². The van der Waals surface area contributed by atoms with Gasteiger partial charge >= 0.3 is 0 Å². The second kappa shape index (κ2) is 6.44. The molecule has 1 aromatic carbocycles. The summed E-state index contributed by atoms with van der Waals surface area (Å²) in [4.78, 5) is 2.40. The molecule has 2 aliphatic heterocycles. The van der Waals surface area contributed by atoms with Crippen LogP contribution >= 0.6 is 11.6 Å². The van der Waals surface area contributed by atoms with E-state index in [1.165, 1.54) is 18.4 Å². The van der Waals surface area contributed by atoms with Gasteiger partial charge in [0.2, 0.25) is 0 Å². The first-order valence-corrected chi connectivity index (χ1v) is 7.84. The number of benzene rings is 1. The van der Waals surface area contributed by atoms with E-state index in [2.05, 4.69) is 17.0 Å². The van der Waals surface area contributed by atoms with Gasteiger partial charge in [0.1, 0.15) is 0 Å². The molecule has 2 aliphatic rings. The summed E-state index contributed by atoms with van der Waals surface area (Å²) in [7, 11) is 0. The molecular formula is C16H22ClNO2. The molecule has 0 aromatic heterocycles. The summed E-state index contributed by atoms with van der Waals surface area (Å²) >= 11 is 5.92. The van der Waals surface area contributed by atoms with Gasteiger partial charge in [0.25, 0.3) is 0 Å². The molecule has 0 spiro atoms. The number of nitrogens with zero attached hydrogens (tertiary/aromatic N) is 1. The second-order valence-electron chi connectivity index (χ2n) is 5.98. The van der Waals surface area contributed by atoms with E-state index in [1.807, 2.05) is 12.1 Å². The third-order valence-corrected chi connectivity index (χ3v) is 4.83. The van der Waals surface area contributed by atoms with E-state index in [0.717, 1.165) is 30.5 Å². The fraction of sp³-hybridized carbons (Fsp3) is 0.625. The van der Waals surface area contributed by atoms with Crippen LogP contribution in [-0.4, -0.2) is 48.5 Å². The van der Waals surface area contributed by atoms with Crippen LogP contribution in [0.5, 0.6) is 0 Å². The average molecular weight is 296 g/mol. The molecule has 2 atom stereocenters. The molecule has 1 N–H and O–H groups in total. The normalized spacial score (nSPS) is 28.9. The highest BCUT2D eigenvalue weighted by atomic mass is 35.5. The van der Waals surface area contributed by atoms with Gasteiger partial charge in [-0.15, -0.1) is 0 Å². The Bertz CT molecular complexity index is 429. The Morgan fingerprint density at radius 1 is 1.15 bits per heavy atom. The Balaban J connectivity index is 1.49. The molecule has 2 fully saturated rings. The van der Waals surface area contributed by atoms with Crippen molar-refractivity contribution in [1.29, 1.82) is 0 Å². The Kier molecular flexibility index (Phi) is 4.61. The van der Waals surface area contributed by atoms with Crippen molar-refractivity contribution >= 4 is 11.6 Å². The van der Waals surface area contributed by atoms with Crippen molar-refractivity contribution in [2.45, 2.75) is 31.4 Å². The van der Waals surface area contributed by atoms with Crippen LogP contribution in [0.1, 0.15) is 18.4 Å². The molecule has 2 saturated heterocycles. The number of ether oxygens (including phenoxy) is 1. The molecule has 2 heterocycles. The predicted octanol–water partition coefficient (Wildman–Crippen LogP) is 2.35. The van der Waals surface area contributed by atoms with E-state index in [4.69, 9.17) is 16.3 Å². The molecular weight excluding hydrogens is 274 g/mol. The van der Waals surface area contributed by atoms with Gasteiger partial charge in [0.15, 0.2) is 0 Å². The van der Waals surface area contributed by atoms with Crippen molar-refractivity contribution in [1.82, 2.24) is 4.90 Å². The highest BCUT2D eigenvalue weighted by Gasteiger charge is 2.33. The van der Waals surface area contributed by atoms with E-state index in [0.29, 0.717) is 13.2 Å². The number of rotatable bonds is 3. The molecule has 20 heavy (non-hydrogen) atoms. The van der Waals surface area contributed by atoms with Crippen molar-refractivity contribution < 1.29 is 9.84 Å². The molecule has 0 aliphatic carbocycles. The van der Waals surface area contributed by atoms with Crippen LogP contribution in [-0.2, 0) is 11.2 Å². The van der Waals surface area contributed by atoms with Crippen molar-refractivity contribution in [3.05, 3.63) is 34.9 Å². The molecule has 3 nitrogen and oxygen atoms in total. The Labute approximate surface area is 125 Å². The van der Waals surface area contributed by atoms with Crippen molar-refractivity contribution in [2.24, 2.45) is 5.92 Å². The second-order valence-corrected chi connectivity index (χ2v) is 6.42. The summed E-state index contributed by atoms with van der Waals surface area (Å²) in [5.74, 6) is 0.742. The van der Waals surface area contributed by atoms with Gasteiger partial charge in [-0.25, -0.2) is 0 Å². The number of aliphatic hydroxyl groups is 1. The van der Waals surface area contributed by atoms with Crippen molar-refractivity contribution in [2.75, 3.05) is 26.3 Å². The monoisotopic (exact) mass is 295 g/mol. The third kappa shape index (κ3) is 3.34. The predicted molar refractivity (Wildman–Crippen MR) is 80.1 cm³/mol. The summed E-state index contributed by atoms with van der Waals surface area (Å²) in [5.41, 5.74) is 1.37. The van der Waals surface area contributed by atoms with E-state index >= 15 is 0 Å². The number of hydrogen-bond donors (Lipinski definition) is 1. The van der Waals surface area contributed by atoms with Crippen LogP contribution in [0.15, 0.2) is 24.3 Å². The highest BCUT2D eigenvalue weighted by molar-refractivity contribution is 6.30. The molecule has 110 valence electrons. The third-order valence-electron chi connectivity index (χ3n) is 4.58. The topological polar surface area (TPSA) is 32.7 Å². The maximum absolute atomic E-state index is 9.89. The van der Waals surface area contributed by atoms with Crippen molar-refractivity contribution in [3.63, 3.8) is 0 Å². The summed E-state index contributed by atoms with van der Waals surface area (Å²) in [6.07, 6.45) is 3.23. The Morgan fingerprint density at radius 3 is 2.45 bits per heavy atom. The van der Waals surface area contributed by atoms with Crippen LogP contribution in [0.3, 0.4) is 0 Å².